The molecule has 0 saturated carbocycles. The van der Waals surface area contributed by atoms with Gasteiger partial charge in [-0.2, -0.15) is 0 Å². The zero-order chi connectivity index (χ0) is 32.8. The molecule has 0 saturated heterocycles. The molecular formula is C39H35NO6S. The summed E-state index contributed by atoms with van der Waals surface area (Å²) in [6.07, 6.45) is -0.779. The first-order valence-electron chi connectivity index (χ1n) is 15.3. The molecule has 1 amide bonds. The molecule has 1 atom stereocenters. The number of rotatable bonds is 12. The summed E-state index contributed by atoms with van der Waals surface area (Å²) in [5.41, 5.74) is 7.19. The molecule has 0 unspecified atom stereocenters. The number of carbonyl (C=O) groups is 2. The molecule has 0 aliphatic heterocycles. The summed E-state index contributed by atoms with van der Waals surface area (Å²) < 4.78 is 15.7. The third-order valence-corrected chi connectivity index (χ3v) is 10.2. The summed E-state index contributed by atoms with van der Waals surface area (Å²) in [5, 5.41) is 12.9. The molecule has 0 spiro atoms. The molecular weight excluding hydrogens is 610 g/mol. The van der Waals surface area contributed by atoms with Crippen LogP contribution in [0.4, 0.5) is 4.79 Å². The van der Waals surface area contributed by atoms with E-state index >= 15 is 0 Å². The number of hydrogen-bond acceptors (Lipinski definition) is 6. The van der Waals surface area contributed by atoms with Crippen molar-refractivity contribution >= 4 is 23.8 Å². The van der Waals surface area contributed by atoms with Gasteiger partial charge in [0.1, 0.15) is 24.1 Å². The molecule has 47 heavy (non-hydrogen) atoms. The van der Waals surface area contributed by atoms with Crippen molar-refractivity contribution in [3.63, 3.8) is 0 Å². The SMILES string of the molecule is COc1ccc(C(SC[C@H](NC(=O)OCC2c3ccccc3-c3ccccc32)C(=O)O)(c2ccccc2)c2ccc(OC)cc2)cc1. The predicted octanol–water partition coefficient (Wildman–Crippen LogP) is 7.72. The highest BCUT2D eigenvalue weighted by atomic mass is 32.2. The molecule has 2 N–H and O–H groups in total. The fraction of sp³-hybridized carbons (Fsp3) is 0.179. The molecule has 5 aromatic carbocycles. The zero-order valence-corrected chi connectivity index (χ0v) is 26.9. The fourth-order valence-electron chi connectivity index (χ4n) is 6.24. The Morgan fingerprint density at radius 2 is 1.17 bits per heavy atom. The highest BCUT2D eigenvalue weighted by Gasteiger charge is 2.39. The number of alkyl carbamates (subject to hydrolysis) is 1. The van der Waals surface area contributed by atoms with Gasteiger partial charge < -0.3 is 24.6 Å². The van der Waals surface area contributed by atoms with Crippen molar-refractivity contribution < 1.29 is 28.9 Å². The van der Waals surface area contributed by atoms with Crippen LogP contribution in [0.3, 0.4) is 0 Å². The average molecular weight is 646 g/mol. The largest absolute Gasteiger partial charge is 0.497 e. The number of hydrogen-bond donors (Lipinski definition) is 2. The van der Waals surface area contributed by atoms with Crippen LogP contribution in [0.15, 0.2) is 127 Å². The lowest BCUT2D eigenvalue weighted by atomic mass is 9.84. The highest BCUT2D eigenvalue weighted by Crippen LogP contribution is 2.49. The van der Waals surface area contributed by atoms with Gasteiger partial charge in [-0.25, -0.2) is 9.59 Å². The monoisotopic (exact) mass is 645 g/mol. The number of nitrogens with one attached hydrogen (secondary N) is 1. The molecule has 5 aromatic rings. The number of fused-ring (bicyclic) bond motifs is 3. The quantitative estimate of drug-likeness (QED) is 0.134. The first-order valence-corrected chi connectivity index (χ1v) is 16.3. The Balaban J connectivity index is 1.26. The van der Waals surface area contributed by atoms with Gasteiger partial charge >= 0.3 is 12.1 Å². The van der Waals surface area contributed by atoms with Crippen LogP contribution < -0.4 is 14.8 Å². The molecule has 0 bridgehead atoms. The maximum atomic E-state index is 13.2. The number of carboxylic acid groups (broad SMARTS) is 1. The molecule has 0 aromatic heterocycles. The summed E-state index contributed by atoms with van der Waals surface area (Å²) in [5.74, 6) is 0.164. The molecule has 7 nitrogen and oxygen atoms in total. The standard InChI is InChI=1S/C39H35NO6S/c1-44-29-20-16-27(17-21-29)39(26-10-4-3-5-11-26,28-18-22-30(45-2)23-19-28)47-25-36(37(41)42)40-38(43)46-24-35-33-14-8-6-12-31(33)32-13-7-9-15-34(32)35/h3-23,35-36H,24-25H2,1-2H3,(H,40,43)(H,41,42)/t36-/m0/s1. The maximum Gasteiger partial charge on any atom is 0.407 e. The van der Waals surface area contributed by atoms with Crippen molar-refractivity contribution in [3.8, 4) is 22.6 Å². The van der Waals surface area contributed by atoms with E-state index in [9.17, 15) is 14.7 Å². The second-order valence-corrected chi connectivity index (χ2v) is 12.4. The lowest BCUT2D eigenvalue weighted by Crippen LogP contribution is -2.44. The van der Waals surface area contributed by atoms with E-state index in [2.05, 4.69) is 17.4 Å². The molecule has 238 valence electrons. The van der Waals surface area contributed by atoms with Crippen molar-refractivity contribution in [3.05, 3.63) is 155 Å². The number of carbonyl (C=O) groups excluding carboxylic acids is 1. The molecule has 1 aliphatic rings. The van der Waals surface area contributed by atoms with E-state index in [0.717, 1.165) is 38.9 Å². The molecule has 8 heteroatoms. The molecule has 0 fully saturated rings. The Morgan fingerprint density at radius 3 is 1.66 bits per heavy atom. The van der Waals surface area contributed by atoms with Crippen LogP contribution in [0, 0.1) is 0 Å². The Bertz CT molecular complexity index is 1750. The minimum atomic E-state index is -1.23. The van der Waals surface area contributed by atoms with Crippen molar-refractivity contribution in [1.82, 2.24) is 5.32 Å². The van der Waals surface area contributed by atoms with Crippen LogP contribution in [-0.4, -0.2) is 49.8 Å². The number of carboxylic acids is 1. The van der Waals surface area contributed by atoms with Gasteiger partial charge in [-0.05, 0) is 63.2 Å². The lowest BCUT2D eigenvalue weighted by Gasteiger charge is -2.36. The van der Waals surface area contributed by atoms with E-state index < -0.39 is 22.9 Å². The second kappa shape index (κ2) is 14.1. The molecule has 0 radical (unpaired) electrons. The van der Waals surface area contributed by atoms with Crippen LogP contribution in [0.2, 0.25) is 0 Å². The van der Waals surface area contributed by atoms with Gasteiger partial charge in [0.05, 0.1) is 19.0 Å². The number of aliphatic carboxylic acids is 1. The zero-order valence-electron chi connectivity index (χ0n) is 26.1. The van der Waals surface area contributed by atoms with Crippen LogP contribution >= 0.6 is 11.8 Å². The Morgan fingerprint density at radius 1 is 0.702 bits per heavy atom. The molecule has 0 heterocycles. The molecule has 1 aliphatic carbocycles. The van der Waals surface area contributed by atoms with E-state index in [-0.39, 0.29) is 18.3 Å². The Hall–Kier alpha value is -5.21. The first-order chi connectivity index (χ1) is 22.9. The third kappa shape index (κ3) is 6.42. The van der Waals surface area contributed by atoms with E-state index in [4.69, 9.17) is 14.2 Å². The summed E-state index contributed by atoms with van der Waals surface area (Å²) in [7, 11) is 3.23. The van der Waals surface area contributed by atoms with Crippen LogP contribution in [0.5, 0.6) is 11.5 Å². The van der Waals surface area contributed by atoms with Crippen molar-refractivity contribution in [2.24, 2.45) is 0 Å². The summed E-state index contributed by atoms with van der Waals surface area (Å²) in [6, 6.07) is 40.3. The number of benzene rings is 5. The van der Waals surface area contributed by atoms with Gasteiger partial charge in [0.2, 0.25) is 0 Å². The number of ether oxygens (including phenoxy) is 3. The first kappa shape index (κ1) is 31.8. The van der Waals surface area contributed by atoms with Gasteiger partial charge in [0.15, 0.2) is 0 Å². The Labute approximate surface area is 278 Å². The van der Waals surface area contributed by atoms with Gasteiger partial charge in [0.25, 0.3) is 0 Å². The van der Waals surface area contributed by atoms with Crippen LogP contribution in [-0.2, 0) is 14.3 Å². The number of thioether (sulfide) groups is 1. The van der Waals surface area contributed by atoms with Gasteiger partial charge in [-0.15, -0.1) is 11.8 Å². The van der Waals surface area contributed by atoms with Crippen LogP contribution in [0.25, 0.3) is 11.1 Å². The van der Waals surface area contributed by atoms with Gasteiger partial charge in [-0.3, -0.25) is 0 Å². The summed E-state index contributed by atoms with van der Waals surface area (Å²) >= 11 is 1.43. The summed E-state index contributed by atoms with van der Waals surface area (Å²) in [4.78, 5) is 25.8. The smallest absolute Gasteiger partial charge is 0.407 e. The maximum absolute atomic E-state index is 13.2. The van der Waals surface area contributed by atoms with E-state index in [0.29, 0.717) is 11.5 Å². The normalized spacial score (nSPS) is 12.8. The van der Waals surface area contributed by atoms with Crippen LogP contribution in [0.1, 0.15) is 33.7 Å². The second-order valence-electron chi connectivity index (χ2n) is 11.2. The lowest BCUT2D eigenvalue weighted by molar-refractivity contribution is -0.138. The van der Waals surface area contributed by atoms with E-state index in [1.54, 1.807) is 14.2 Å². The third-order valence-electron chi connectivity index (χ3n) is 8.57. The minimum Gasteiger partial charge on any atom is -0.497 e. The van der Waals surface area contributed by atoms with Gasteiger partial charge in [0, 0.05) is 11.7 Å². The van der Waals surface area contributed by atoms with Crippen molar-refractivity contribution in [1.29, 1.82) is 0 Å². The fourth-order valence-corrected chi connectivity index (χ4v) is 7.79. The van der Waals surface area contributed by atoms with Crippen molar-refractivity contribution in [2.45, 2.75) is 16.7 Å². The minimum absolute atomic E-state index is 0.0481. The highest BCUT2D eigenvalue weighted by molar-refractivity contribution is 8.00. The number of methoxy groups -OCH3 is 2. The van der Waals surface area contributed by atoms with E-state index in [1.807, 2.05) is 115 Å². The molecule has 6 rings (SSSR count). The van der Waals surface area contributed by atoms with Crippen molar-refractivity contribution in [2.75, 3.05) is 26.6 Å². The summed E-state index contributed by atoms with van der Waals surface area (Å²) in [6.45, 7) is 0.0883. The average Bonchev–Trinajstić information content (AvgIpc) is 3.44. The van der Waals surface area contributed by atoms with E-state index in [1.165, 1.54) is 11.8 Å². The van der Waals surface area contributed by atoms with Gasteiger partial charge in [-0.1, -0.05) is 103 Å². The Kier molecular flexibility index (Phi) is 9.50. The topological polar surface area (TPSA) is 94.1 Å². The number of amides is 1. The predicted molar refractivity (Wildman–Crippen MR) is 184 cm³/mol.